The fourth-order valence-electron chi connectivity index (χ4n) is 2.67. The molecule has 3 heterocycles. The summed E-state index contributed by atoms with van der Waals surface area (Å²) in [5, 5.41) is 13.8. The normalized spacial score (nSPS) is 11.0. The number of carbonyl (C=O) groups excluding carboxylic acids is 1. The number of amides is 1. The van der Waals surface area contributed by atoms with Crippen molar-refractivity contribution in [1.29, 1.82) is 0 Å². The number of nitrogens with zero attached hydrogens (tertiary/aromatic N) is 6. The highest BCUT2D eigenvalue weighted by atomic mass is 35.5. The Morgan fingerprint density at radius 1 is 1.06 bits per heavy atom. The molecule has 0 saturated heterocycles. The Kier molecular flexibility index (Phi) is 6.65. The lowest BCUT2D eigenvalue weighted by Crippen LogP contribution is -2.20. The van der Waals surface area contributed by atoms with Gasteiger partial charge in [0, 0.05) is 46.6 Å². The number of benzene rings is 1. The zero-order valence-electron chi connectivity index (χ0n) is 16.1. The Hall–Kier alpha value is -3.56. The van der Waals surface area contributed by atoms with Crippen LogP contribution in [0.2, 0.25) is 5.02 Å². The minimum atomic E-state index is -0.263. The van der Waals surface area contributed by atoms with Gasteiger partial charge in [0.25, 0.3) is 5.91 Å². The van der Waals surface area contributed by atoms with E-state index in [1.807, 2.05) is 34.9 Å². The zero-order chi connectivity index (χ0) is 21.5. The number of aromatic nitrogens is 5. The molecule has 154 valence electrons. The fourth-order valence-corrected chi connectivity index (χ4v) is 3.54. The molecule has 4 rings (SSSR count). The first kappa shape index (κ1) is 20.7. The molecule has 0 aliphatic carbocycles. The van der Waals surface area contributed by atoms with Gasteiger partial charge in [-0.05, 0) is 42.5 Å². The Balaban J connectivity index is 1.51. The van der Waals surface area contributed by atoms with Gasteiger partial charge in [0.1, 0.15) is 0 Å². The first-order valence-electron chi connectivity index (χ1n) is 9.17. The van der Waals surface area contributed by atoms with E-state index < -0.39 is 0 Å². The van der Waals surface area contributed by atoms with E-state index in [2.05, 4.69) is 30.7 Å². The highest BCUT2D eigenvalue weighted by molar-refractivity contribution is 7.99. The molecular formula is C21H16ClN7OS. The number of hydrogen-bond acceptors (Lipinski definition) is 7. The summed E-state index contributed by atoms with van der Waals surface area (Å²) in [6, 6.07) is 14.7. The Morgan fingerprint density at radius 2 is 1.87 bits per heavy atom. The molecule has 0 atom stereocenters. The van der Waals surface area contributed by atoms with Crippen molar-refractivity contribution in [3.8, 4) is 17.1 Å². The van der Waals surface area contributed by atoms with E-state index in [0.717, 1.165) is 16.8 Å². The van der Waals surface area contributed by atoms with Crippen molar-refractivity contribution in [2.75, 3.05) is 5.75 Å². The number of hydrogen-bond donors (Lipinski definition) is 1. The SMILES string of the molecule is O=C(CSc1nnc(-c2ccncc2)n1-c1ccc(Cl)cc1)NN=Cc1cccnc1. The molecule has 10 heteroatoms. The van der Waals surface area contributed by atoms with Crippen LogP contribution in [0.5, 0.6) is 0 Å². The molecule has 1 amide bonds. The number of nitrogens with one attached hydrogen (secondary N) is 1. The van der Waals surface area contributed by atoms with Gasteiger partial charge in [-0.3, -0.25) is 19.3 Å². The van der Waals surface area contributed by atoms with Crippen molar-refractivity contribution in [3.05, 3.63) is 83.9 Å². The molecule has 0 spiro atoms. The molecule has 0 aliphatic rings. The molecule has 1 N–H and O–H groups in total. The third-order valence-corrected chi connectivity index (χ3v) is 5.26. The largest absolute Gasteiger partial charge is 0.272 e. The second kappa shape index (κ2) is 9.96. The minimum absolute atomic E-state index is 0.118. The highest BCUT2D eigenvalue weighted by Crippen LogP contribution is 2.28. The molecule has 0 bridgehead atoms. The Morgan fingerprint density at radius 3 is 2.61 bits per heavy atom. The molecule has 0 aliphatic heterocycles. The standard InChI is InChI=1S/C21H16ClN7OS/c22-17-3-5-18(6-4-17)29-20(16-7-10-23-11-8-16)27-28-21(29)31-14-19(30)26-25-13-15-2-1-9-24-12-15/h1-13H,14H2,(H,26,30). The van der Waals surface area contributed by atoms with Crippen molar-refractivity contribution in [2.24, 2.45) is 5.10 Å². The number of pyridine rings is 2. The summed E-state index contributed by atoms with van der Waals surface area (Å²) >= 11 is 7.30. The van der Waals surface area contributed by atoms with Gasteiger partial charge >= 0.3 is 0 Å². The first-order valence-corrected chi connectivity index (χ1v) is 10.5. The van der Waals surface area contributed by atoms with Crippen LogP contribution in [0.3, 0.4) is 0 Å². The molecular weight excluding hydrogens is 434 g/mol. The van der Waals surface area contributed by atoms with E-state index in [4.69, 9.17) is 11.6 Å². The van der Waals surface area contributed by atoms with Crippen LogP contribution < -0.4 is 5.43 Å². The van der Waals surface area contributed by atoms with Gasteiger partial charge in [-0.15, -0.1) is 10.2 Å². The van der Waals surface area contributed by atoms with Crippen LogP contribution >= 0.6 is 23.4 Å². The maximum absolute atomic E-state index is 12.2. The van der Waals surface area contributed by atoms with E-state index in [-0.39, 0.29) is 11.7 Å². The number of carbonyl (C=O) groups is 1. The second-order valence-electron chi connectivity index (χ2n) is 6.22. The van der Waals surface area contributed by atoms with Crippen LogP contribution in [0.25, 0.3) is 17.1 Å². The van der Waals surface area contributed by atoms with Crippen molar-refractivity contribution in [1.82, 2.24) is 30.2 Å². The summed E-state index contributed by atoms with van der Waals surface area (Å²) in [7, 11) is 0. The lowest BCUT2D eigenvalue weighted by Gasteiger charge is -2.10. The summed E-state index contributed by atoms with van der Waals surface area (Å²) in [6.07, 6.45) is 8.24. The van der Waals surface area contributed by atoms with Crippen LogP contribution in [-0.2, 0) is 4.79 Å². The number of thioether (sulfide) groups is 1. The number of hydrazone groups is 1. The third kappa shape index (κ3) is 5.33. The molecule has 8 nitrogen and oxygen atoms in total. The summed E-state index contributed by atoms with van der Waals surface area (Å²) in [5.74, 6) is 0.496. The summed E-state index contributed by atoms with van der Waals surface area (Å²) in [5.41, 5.74) is 4.99. The molecule has 31 heavy (non-hydrogen) atoms. The topological polar surface area (TPSA) is 98.0 Å². The lowest BCUT2D eigenvalue weighted by molar-refractivity contribution is -0.118. The zero-order valence-corrected chi connectivity index (χ0v) is 17.7. The van der Waals surface area contributed by atoms with Crippen molar-refractivity contribution in [3.63, 3.8) is 0 Å². The molecule has 0 saturated carbocycles. The van der Waals surface area contributed by atoms with Crippen molar-refractivity contribution < 1.29 is 4.79 Å². The maximum Gasteiger partial charge on any atom is 0.250 e. The van der Waals surface area contributed by atoms with Crippen LogP contribution in [-0.4, -0.2) is 42.6 Å². The summed E-state index contributed by atoms with van der Waals surface area (Å²) in [6.45, 7) is 0. The van der Waals surface area contributed by atoms with Crippen LogP contribution in [0.15, 0.2) is 83.6 Å². The lowest BCUT2D eigenvalue weighted by atomic mass is 10.2. The summed E-state index contributed by atoms with van der Waals surface area (Å²) in [4.78, 5) is 20.3. The molecule has 0 radical (unpaired) electrons. The van der Waals surface area contributed by atoms with Gasteiger partial charge in [-0.1, -0.05) is 29.4 Å². The van der Waals surface area contributed by atoms with Gasteiger partial charge in [0.05, 0.1) is 12.0 Å². The first-order chi connectivity index (χ1) is 15.2. The van der Waals surface area contributed by atoms with E-state index in [1.165, 1.54) is 18.0 Å². The van der Waals surface area contributed by atoms with E-state index in [1.54, 1.807) is 43.0 Å². The van der Waals surface area contributed by atoms with Crippen LogP contribution in [0.1, 0.15) is 5.56 Å². The molecule has 4 aromatic rings. The second-order valence-corrected chi connectivity index (χ2v) is 7.60. The van der Waals surface area contributed by atoms with Crippen molar-refractivity contribution >= 4 is 35.5 Å². The fraction of sp³-hybridized carbons (Fsp3) is 0.0476. The van der Waals surface area contributed by atoms with Crippen LogP contribution in [0, 0.1) is 0 Å². The predicted molar refractivity (Wildman–Crippen MR) is 120 cm³/mol. The van der Waals surface area contributed by atoms with Gasteiger partial charge in [-0.25, -0.2) is 5.43 Å². The molecule has 1 aromatic carbocycles. The minimum Gasteiger partial charge on any atom is -0.272 e. The quantitative estimate of drug-likeness (QED) is 0.263. The monoisotopic (exact) mass is 449 g/mol. The smallest absolute Gasteiger partial charge is 0.250 e. The van der Waals surface area contributed by atoms with Gasteiger partial charge in [-0.2, -0.15) is 5.10 Å². The average molecular weight is 450 g/mol. The number of halogens is 1. The third-order valence-electron chi connectivity index (χ3n) is 4.08. The maximum atomic E-state index is 12.2. The van der Waals surface area contributed by atoms with Gasteiger partial charge < -0.3 is 0 Å². The van der Waals surface area contributed by atoms with Crippen molar-refractivity contribution in [2.45, 2.75) is 5.16 Å². The van der Waals surface area contributed by atoms with Gasteiger partial charge in [0.2, 0.25) is 0 Å². The van der Waals surface area contributed by atoms with Gasteiger partial charge in [0.15, 0.2) is 11.0 Å². The highest BCUT2D eigenvalue weighted by Gasteiger charge is 2.17. The molecule has 0 fully saturated rings. The predicted octanol–water partition coefficient (Wildman–Crippen LogP) is 3.62. The number of rotatable bonds is 7. The average Bonchev–Trinajstić information content (AvgIpc) is 3.23. The van der Waals surface area contributed by atoms with E-state index >= 15 is 0 Å². The molecule has 3 aromatic heterocycles. The Bertz CT molecular complexity index is 1180. The van der Waals surface area contributed by atoms with E-state index in [0.29, 0.717) is 16.0 Å². The Labute approximate surface area is 187 Å². The molecule has 0 unspecified atom stereocenters. The van der Waals surface area contributed by atoms with Crippen LogP contribution in [0.4, 0.5) is 0 Å². The summed E-state index contributed by atoms with van der Waals surface area (Å²) < 4.78 is 1.88. The van der Waals surface area contributed by atoms with E-state index in [9.17, 15) is 4.79 Å².